The van der Waals surface area contributed by atoms with Crippen molar-refractivity contribution in [2.24, 2.45) is 5.84 Å². The Bertz CT molecular complexity index is 300. The van der Waals surface area contributed by atoms with Gasteiger partial charge < -0.3 is 4.74 Å². The Morgan fingerprint density at radius 2 is 2.06 bits per heavy atom. The van der Waals surface area contributed by atoms with Gasteiger partial charge in [-0.1, -0.05) is 36.4 Å². The fourth-order valence-corrected chi connectivity index (χ4v) is 1.62. The van der Waals surface area contributed by atoms with Gasteiger partial charge in [-0.2, -0.15) is 0 Å². The van der Waals surface area contributed by atoms with Gasteiger partial charge in [0, 0.05) is 12.6 Å². The van der Waals surface area contributed by atoms with E-state index in [-0.39, 0.29) is 0 Å². The number of rotatable bonds is 9. The second kappa shape index (κ2) is 8.93. The fraction of sp³-hybridized carbons (Fsp3) is 0.429. The molecule has 0 aliphatic rings. The Hall–Kier alpha value is -1.16. The summed E-state index contributed by atoms with van der Waals surface area (Å²) < 4.78 is 5.61. The van der Waals surface area contributed by atoms with E-state index in [1.807, 2.05) is 24.3 Å². The molecule has 3 nitrogen and oxygen atoms in total. The van der Waals surface area contributed by atoms with Crippen molar-refractivity contribution in [2.45, 2.75) is 31.9 Å². The molecule has 1 rings (SSSR count). The van der Waals surface area contributed by atoms with Gasteiger partial charge in [-0.3, -0.25) is 11.3 Å². The summed E-state index contributed by atoms with van der Waals surface area (Å²) in [5, 5.41) is 0. The first kappa shape index (κ1) is 13.9. The summed E-state index contributed by atoms with van der Waals surface area (Å²) in [5.41, 5.74) is 4.01. The van der Waals surface area contributed by atoms with Crippen molar-refractivity contribution < 1.29 is 4.74 Å². The number of benzene rings is 1. The van der Waals surface area contributed by atoms with Crippen molar-refractivity contribution in [1.29, 1.82) is 0 Å². The van der Waals surface area contributed by atoms with Crippen LogP contribution in [0.1, 0.15) is 24.8 Å². The zero-order chi connectivity index (χ0) is 12.3. The topological polar surface area (TPSA) is 47.3 Å². The quantitative estimate of drug-likeness (QED) is 0.298. The lowest BCUT2D eigenvalue weighted by atomic mass is 10.1. The molecule has 0 amide bonds. The predicted octanol–water partition coefficient (Wildman–Crippen LogP) is 2.39. The summed E-state index contributed by atoms with van der Waals surface area (Å²) >= 11 is 0. The summed E-state index contributed by atoms with van der Waals surface area (Å²) in [6, 6.07) is 10.5. The number of hydrogen-bond donors (Lipinski definition) is 2. The average Bonchev–Trinajstić information content (AvgIpc) is 2.39. The van der Waals surface area contributed by atoms with Crippen molar-refractivity contribution >= 4 is 0 Å². The number of allylic oxidation sites excluding steroid dienone is 1. The van der Waals surface area contributed by atoms with Gasteiger partial charge in [0.1, 0.15) is 0 Å². The van der Waals surface area contributed by atoms with E-state index < -0.39 is 0 Å². The minimum Gasteiger partial charge on any atom is -0.377 e. The van der Waals surface area contributed by atoms with Crippen LogP contribution >= 0.6 is 0 Å². The molecule has 17 heavy (non-hydrogen) atoms. The SMILES string of the molecule is C=CCCC(CCOCc1ccccc1)NN. The normalized spacial score (nSPS) is 12.3. The van der Waals surface area contributed by atoms with Gasteiger partial charge in [0.15, 0.2) is 0 Å². The van der Waals surface area contributed by atoms with Crippen LogP contribution in [0.5, 0.6) is 0 Å². The molecule has 94 valence electrons. The number of nitrogens with two attached hydrogens (primary N) is 1. The Morgan fingerprint density at radius 3 is 2.71 bits per heavy atom. The molecule has 0 radical (unpaired) electrons. The first-order valence-electron chi connectivity index (χ1n) is 6.05. The minimum atomic E-state index is 0.309. The Labute approximate surface area is 104 Å². The van der Waals surface area contributed by atoms with E-state index >= 15 is 0 Å². The van der Waals surface area contributed by atoms with Crippen LogP contribution in [0.25, 0.3) is 0 Å². The van der Waals surface area contributed by atoms with E-state index in [1.54, 1.807) is 0 Å². The maximum Gasteiger partial charge on any atom is 0.0716 e. The Morgan fingerprint density at radius 1 is 1.29 bits per heavy atom. The van der Waals surface area contributed by atoms with Crippen LogP contribution in [0, 0.1) is 0 Å². The highest BCUT2D eigenvalue weighted by Crippen LogP contribution is 2.04. The number of ether oxygens (including phenoxy) is 1. The zero-order valence-electron chi connectivity index (χ0n) is 10.3. The van der Waals surface area contributed by atoms with Crippen molar-refractivity contribution in [1.82, 2.24) is 5.43 Å². The monoisotopic (exact) mass is 234 g/mol. The van der Waals surface area contributed by atoms with Gasteiger partial charge in [0.2, 0.25) is 0 Å². The minimum absolute atomic E-state index is 0.309. The van der Waals surface area contributed by atoms with E-state index in [4.69, 9.17) is 10.6 Å². The molecule has 0 saturated carbocycles. The smallest absolute Gasteiger partial charge is 0.0716 e. The number of nitrogens with one attached hydrogen (secondary N) is 1. The lowest BCUT2D eigenvalue weighted by molar-refractivity contribution is 0.110. The molecule has 1 unspecified atom stereocenters. The van der Waals surface area contributed by atoms with Gasteiger partial charge in [-0.15, -0.1) is 6.58 Å². The molecule has 1 atom stereocenters. The molecule has 0 spiro atoms. The van der Waals surface area contributed by atoms with Crippen LogP contribution in [-0.2, 0) is 11.3 Å². The number of hydrazine groups is 1. The second-order valence-electron chi connectivity index (χ2n) is 4.06. The largest absolute Gasteiger partial charge is 0.377 e. The average molecular weight is 234 g/mol. The standard InChI is InChI=1S/C14H22N2O/c1-2-3-9-14(16-15)10-11-17-12-13-7-5-4-6-8-13/h2,4-8,14,16H,1,3,9-12,15H2. The molecule has 0 aliphatic heterocycles. The van der Waals surface area contributed by atoms with E-state index in [1.165, 1.54) is 5.56 Å². The molecule has 0 aliphatic carbocycles. The second-order valence-corrected chi connectivity index (χ2v) is 4.06. The molecule has 3 N–H and O–H groups in total. The van der Waals surface area contributed by atoms with Crippen LogP contribution in [0.15, 0.2) is 43.0 Å². The summed E-state index contributed by atoms with van der Waals surface area (Å²) in [6.45, 7) is 5.09. The molecule has 0 heterocycles. The lowest BCUT2D eigenvalue weighted by Crippen LogP contribution is -2.35. The third-order valence-electron chi connectivity index (χ3n) is 2.68. The fourth-order valence-electron chi connectivity index (χ4n) is 1.62. The summed E-state index contributed by atoms with van der Waals surface area (Å²) in [7, 11) is 0. The summed E-state index contributed by atoms with van der Waals surface area (Å²) in [4.78, 5) is 0. The maximum atomic E-state index is 5.61. The van der Waals surface area contributed by atoms with Crippen molar-refractivity contribution in [3.63, 3.8) is 0 Å². The third kappa shape index (κ3) is 6.22. The molecule has 0 saturated heterocycles. The van der Waals surface area contributed by atoms with Crippen LogP contribution in [0.2, 0.25) is 0 Å². The van der Waals surface area contributed by atoms with Gasteiger partial charge >= 0.3 is 0 Å². The first-order valence-corrected chi connectivity index (χ1v) is 6.05. The van der Waals surface area contributed by atoms with Crippen LogP contribution in [0.3, 0.4) is 0 Å². The lowest BCUT2D eigenvalue weighted by Gasteiger charge is -2.14. The van der Waals surface area contributed by atoms with Crippen LogP contribution in [0.4, 0.5) is 0 Å². The first-order chi connectivity index (χ1) is 8.36. The van der Waals surface area contributed by atoms with E-state index in [2.05, 4.69) is 24.1 Å². The molecular formula is C14H22N2O. The predicted molar refractivity (Wildman–Crippen MR) is 71.3 cm³/mol. The molecule has 1 aromatic carbocycles. The van der Waals surface area contributed by atoms with Crippen molar-refractivity contribution in [3.05, 3.63) is 48.6 Å². The van der Waals surface area contributed by atoms with Gasteiger partial charge in [-0.05, 0) is 24.8 Å². The highest BCUT2D eigenvalue weighted by molar-refractivity contribution is 5.13. The van der Waals surface area contributed by atoms with Crippen molar-refractivity contribution in [3.8, 4) is 0 Å². The summed E-state index contributed by atoms with van der Waals surface area (Å²) in [6.07, 6.45) is 4.83. The molecular weight excluding hydrogens is 212 g/mol. The van der Waals surface area contributed by atoms with Gasteiger partial charge in [0.05, 0.1) is 6.61 Å². The molecule has 1 aromatic rings. The van der Waals surface area contributed by atoms with Crippen molar-refractivity contribution in [2.75, 3.05) is 6.61 Å². The molecule has 0 aromatic heterocycles. The summed E-state index contributed by atoms with van der Waals surface area (Å²) in [5.74, 6) is 5.47. The van der Waals surface area contributed by atoms with E-state index in [0.29, 0.717) is 12.6 Å². The highest BCUT2D eigenvalue weighted by Gasteiger charge is 2.04. The maximum absolute atomic E-state index is 5.61. The van der Waals surface area contributed by atoms with E-state index in [0.717, 1.165) is 25.9 Å². The molecule has 3 heteroatoms. The molecule has 0 bridgehead atoms. The zero-order valence-corrected chi connectivity index (χ0v) is 10.3. The third-order valence-corrected chi connectivity index (χ3v) is 2.68. The van der Waals surface area contributed by atoms with Crippen LogP contribution < -0.4 is 11.3 Å². The Balaban J connectivity index is 2.12. The highest BCUT2D eigenvalue weighted by atomic mass is 16.5. The molecule has 0 fully saturated rings. The van der Waals surface area contributed by atoms with Crippen LogP contribution in [-0.4, -0.2) is 12.6 Å². The Kier molecular flexibility index (Phi) is 7.30. The van der Waals surface area contributed by atoms with Gasteiger partial charge in [-0.25, -0.2) is 0 Å². The van der Waals surface area contributed by atoms with E-state index in [9.17, 15) is 0 Å². The number of hydrogen-bond acceptors (Lipinski definition) is 3. The van der Waals surface area contributed by atoms with Gasteiger partial charge in [0.25, 0.3) is 0 Å².